The largest absolute Gasteiger partial charge is 0.496 e. The molecule has 2 aromatic rings. The van der Waals surface area contributed by atoms with Gasteiger partial charge in [0.2, 0.25) is 0 Å². The number of carbonyl (C=O) groups excluding carboxylic acids is 2. The van der Waals surface area contributed by atoms with Crippen molar-refractivity contribution in [2.75, 3.05) is 44.9 Å². The maximum atomic E-state index is 13.5. The molecule has 0 radical (unpaired) electrons. The predicted octanol–water partition coefficient (Wildman–Crippen LogP) is 5.90. The Kier molecular flexibility index (Phi) is 10.6. The lowest BCUT2D eigenvalue weighted by molar-refractivity contribution is 0.0129. The molecular formula is C29H39Cl2N3O6S. The fourth-order valence-corrected chi connectivity index (χ4v) is 6.28. The third-order valence-electron chi connectivity index (χ3n) is 7.02. The molecule has 3 rings (SSSR count). The second-order valence-corrected chi connectivity index (χ2v) is 14.2. The van der Waals surface area contributed by atoms with E-state index in [4.69, 9.17) is 32.7 Å². The van der Waals surface area contributed by atoms with Gasteiger partial charge in [0.15, 0.2) is 9.84 Å². The molecule has 0 aliphatic carbocycles. The van der Waals surface area contributed by atoms with Crippen molar-refractivity contribution in [2.45, 2.75) is 63.6 Å². The summed E-state index contributed by atoms with van der Waals surface area (Å²) in [6, 6.07) is 7.48. The molecule has 0 unspecified atom stereocenters. The first-order valence-corrected chi connectivity index (χ1v) is 15.8. The first-order chi connectivity index (χ1) is 19.1. The van der Waals surface area contributed by atoms with Gasteiger partial charge in [0.1, 0.15) is 11.4 Å². The van der Waals surface area contributed by atoms with Crippen LogP contribution in [0.25, 0.3) is 0 Å². The summed E-state index contributed by atoms with van der Waals surface area (Å²) in [5, 5.41) is 0.647. The number of hydrogen-bond acceptors (Lipinski definition) is 7. The van der Waals surface area contributed by atoms with Crippen molar-refractivity contribution in [3.8, 4) is 5.75 Å². The summed E-state index contributed by atoms with van der Waals surface area (Å²) in [7, 11) is 1.13. The van der Waals surface area contributed by atoms with E-state index in [2.05, 4.69) is 4.90 Å². The molecule has 0 spiro atoms. The van der Waals surface area contributed by atoms with Gasteiger partial charge in [-0.25, -0.2) is 13.2 Å². The first-order valence-electron chi connectivity index (χ1n) is 13.4. The van der Waals surface area contributed by atoms with E-state index in [1.54, 1.807) is 31.0 Å². The number of amides is 2. The number of ether oxygens (including phenoxy) is 2. The van der Waals surface area contributed by atoms with E-state index in [-0.39, 0.29) is 34.0 Å². The van der Waals surface area contributed by atoms with Crippen LogP contribution in [0.2, 0.25) is 10.0 Å². The van der Waals surface area contributed by atoms with Crippen LogP contribution in [0.4, 0.5) is 10.5 Å². The zero-order chi connectivity index (χ0) is 30.7. The molecule has 1 aliphatic heterocycles. The zero-order valence-corrected chi connectivity index (χ0v) is 27.0. The Hall–Kier alpha value is -2.53. The monoisotopic (exact) mass is 627 g/mol. The molecule has 0 bridgehead atoms. The summed E-state index contributed by atoms with van der Waals surface area (Å²) >= 11 is 12.9. The van der Waals surface area contributed by atoms with Gasteiger partial charge in [0.25, 0.3) is 5.91 Å². The minimum Gasteiger partial charge on any atom is -0.496 e. The van der Waals surface area contributed by atoms with E-state index in [0.717, 1.165) is 19.4 Å². The molecule has 12 heteroatoms. The first kappa shape index (κ1) is 33.0. The van der Waals surface area contributed by atoms with Crippen molar-refractivity contribution in [3.05, 3.63) is 51.5 Å². The number of likely N-dealkylation sites (N-methyl/N-ethyl adjacent to an activating group) is 1. The quantitative estimate of drug-likeness (QED) is 0.359. The fraction of sp³-hybridized carbons (Fsp3) is 0.517. The third kappa shape index (κ3) is 8.06. The molecule has 1 heterocycles. The number of likely N-dealkylation sites (tertiary alicyclic amines) is 1. The van der Waals surface area contributed by atoms with Crippen molar-refractivity contribution in [2.24, 2.45) is 0 Å². The Morgan fingerprint density at radius 1 is 1.12 bits per heavy atom. The zero-order valence-electron chi connectivity index (χ0n) is 24.7. The van der Waals surface area contributed by atoms with Gasteiger partial charge < -0.3 is 19.3 Å². The molecule has 1 saturated heterocycles. The minimum absolute atomic E-state index is 0.0194. The summed E-state index contributed by atoms with van der Waals surface area (Å²) in [5.74, 6) is -0.156. The topological polar surface area (TPSA) is 96.5 Å². The SMILES string of the molecule is CCS(=O)(=O)c1ccc(Cl)cc1N(C)C(=O)c1cc(Cl)c(CN2CCC[C@H](N(C)C(=O)OC(C)(C)C)C2)c(OC)c1. The summed E-state index contributed by atoms with van der Waals surface area (Å²) in [6.07, 6.45) is 1.39. The van der Waals surface area contributed by atoms with Crippen molar-refractivity contribution >= 4 is 50.7 Å². The molecule has 1 fully saturated rings. The van der Waals surface area contributed by atoms with Crippen molar-refractivity contribution in [3.63, 3.8) is 0 Å². The van der Waals surface area contributed by atoms with Gasteiger partial charge in [-0.05, 0) is 70.5 Å². The van der Waals surface area contributed by atoms with E-state index in [0.29, 0.717) is 34.4 Å². The smallest absolute Gasteiger partial charge is 0.410 e. The Morgan fingerprint density at radius 2 is 1.80 bits per heavy atom. The van der Waals surface area contributed by atoms with Crippen LogP contribution >= 0.6 is 23.2 Å². The normalized spacial score (nSPS) is 16.3. The van der Waals surface area contributed by atoms with E-state index < -0.39 is 21.3 Å². The summed E-state index contributed by atoms with van der Waals surface area (Å²) in [4.78, 5) is 31.3. The number of rotatable bonds is 8. The van der Waals surface area contributed by atoms with Crippen LogP contribution in [0.3, 0.4) is 0 Å². The Bertz CT molecular complexity index is 1390. The van der Waals surface area contributed by atoms with Crippen LogP contribution in [0.15, 0.2) is 35.2 Å². The van der Waals surface area contributed by atoms with E-state index in [1.165, 1.54) is 37.3 Å². The van der Waals surface area contributed by atoms with Crippen LogP contribution in [0, 0.1) is 0 Å². The number of halogens is 2. The molecule has 9 nitrogen and oxygen atoms in total. The number of nitrogens with zero attached hydrogens (tertiary/aromatic N) is 3. The summed E-state index contributed by atoms with van der Waals surface area (Å²) in [5.41, 5.74) is 0.550. The van der Waals surface area contributed by atoms with E-state index >= 15 is 0 Å². The maximum Gasteiger partial charge on any atom is 0.410 e. The molecule has 226 valence electrons. The van der Waals surface area contributed by atoms with E-state index in [1.807, 2.05) is 20.8 Å². The van der Waals surface area contributed by atoms with Gasteiger partial charge >= 0.3 is 6.09 Å². The third-order valence-corrected chi connectivity index (χ3v) is 9.36. The highest BCUT2D eigenvalue weighted by Crippen LogP contribution is 2.34. The number of benzene rings is 2. The molecule has 1 atom stereocenters. The van der Waals surface area contributed by atoms with Gasteiger partial charge in [0.05, 0.1) is 23.4 Å². The molecule has 0 N–H and O–H groups in total. The minimum atomic E-state index is -3.62. The number of methoxy groups -OCH3 is 1. The highest BCUT2D eigenvalue weighted by molar-refractivity contribution is 7.91. The maximum absolute atomic E-state index is 13.5. The Morgan fingerprint density at radius 3 is 2.41 bits per heavy atom. The molecule has 2 aromatic carbocycles. The standard InChI is InChI=1S/C29H39Cl2N3O6S/c1-8-41(37,38)26-12-11-20(30)16-24(26)33(6)27(35)19-14-23(31)22(25(15-19)39-7)18-34-13-9-10-21(17-34)32(5)28(36)40-29(2,3)4/h11-12,14-16,21H,8-10,13,17-18H2,1-7H3/t21-/m0/s1. The number of piperidine rings is 1. The van der Waals surface area contributed by atoms with Crippen molar-refractivity contribution in [1.82, 2.24) is 9.80 Å². The Labute approximate surface area is 253 Å². The highest BCUT2D eigenvalue weighted by Gasteiger charge is 2.30. The predicted molar refractivity (Wildman–Crippen MR) is 162 cm³/mol. The van der Waals surface area contributed by atoms with Gasteiger partial charge in [0, 0.05) is 54.4 Å². The lowest BCUT2D eigenvalue weighted by atomic mass is 10.0. The van der Waals surface area contributed by atoms with Crippen LogP contribution < -0.4 is 9.64 Å². The molecule has 0 saturated carbocycles. The van der Waals surface area contributed by atoms with Crippen LogP contribution in [-0.4, -0.2) is 81.9 Å². The average molecular weight is 629 g/mol. The van der Waals surface area contributed by atoms with Gasteiger partial charge in [-0.3, -0.25) is 9.69 Å². The van der Waals surface area contributed by atoms with Crippen molar-refractivity contribution < 1.29 is 27.5 Å². The Balaban J connectivity index is 1.84. The van der Waals surface area contributed by atoms with Gasteiger partial charge in [-0.1, -0.05) is 30.1 Å². The van der Waals surface area contributed by atoms with Gasteiger partial charge in [-0.15, -0.1) is 0 Å². The van der Waals surface area contributed by atoms with E-state index in [9.17, 15) is 18.0 Å². The second kappa shape index (κ2) is 13.2. The average Bonchev–Trinajstić information content (AvgIpc) is 2.91. The van der Waals surface area contributed by atoms with Crippen LogP contribution in [0.1, 0.15) is 56.5 Å². The molecule has 1 aliphatic rings. The highest BCUT2D eigenvalue weighted by atomic mass is 35.5. The number of hydrogen-bond donors (Lipinski definition) is 0. The van der Waals surface area contributed by atoms with Crippen LogP contribution in [-0.2, 0) is 21.1 Å². The van der Waals surface area contributed by atoms with Gasteiger partial charge in [-0.2, -0.15) is 0 Å². The molecular weight excluding hydrogens is 589 g/mol. The summed E-state index contributed by atoms with van der Waals surface area (Å²) < 4.78 is 36.6. The van der Waals surface area contributed by atoms with Crippen molar-refractivity contribution in [1.29, 1.82) is 0 Å². The lowest BCUT2D eigenvalue weighted by Gasteiger charge is -2.38. The lowest BCUT2D eigenvalue weighted by Crippen LogP contribution is -2.49. The summed E-state index contributed by atoms with van der Waals surface area (Å²) in [6.45, 7) is 8.96. The fourth-order valence-electron chi connectivity index (χ4n) is 4.74. The second-order valence-electron chi connectivity index (χ2n) is 11.1. The molecule has 2 amide bonds. The number of sulfone groups is 1. The number of anilines is 1. The van der Waals surface area contributed by atoms with Crippen LogP contribution in [0.5, 0.6) is 5.75 Å². The number of carbonyl (C=O) groups is 2. The molecule has 41 heavy (non-hydrogen) atoms. The molecule has 0 aromatic heterocycles.